The molecule has 0 radical (unpaired) electrons. The van der Waals surface area contributed by atoms with E-state index in [1.807, 2.05) is 0 Å². The molecule has 0 aliphatic rings. The molecule has 0 saturated heterocycles. The molecule has 0 fully saturated rings. The second-order valence-corrected chi connectivity index (χ2v) is 2.10. The van der Waals surface area contributed by atoms with Gasteiger partial charge in [0.05, 0.1) is 0 Å². The van der Waals surface area contributed by atoms with Gasteiger partial charge in [0, 0.05) is 0 Å². The number of carbonyl (C=O) groups is 1. The maximum atomic E-state index is 9.41. The van der Waals surface area contributed by atoms with Gasteiger partial charge in [-0.25, -0.2) is 0 Å². The number of hydrogen-bond acceptors (Lipinski definition) is 3. The molecule has 0 heterocycles. The van der Waals surface area contributed by atoms with Crippen LogP contribution in [0.1, 0.15) is 0 Å². The van der Waals surface area contributed by atoms with Crippen LogP contribution in [0.4, 0.5) is 0 Å². The van der Waals surface area contributed by atoms with E-state index in [0.29, 0.717) is 5.62 Å². The molecule has 2 nitrogen and oxygen atoms in total. The van der Waals surface area contributed by atoms with Gasteiger partial charge in [-0.1, -0.05) is 12.2 Å². The maximum absolute atomic E-state index is 9.41. The van der Waals surface area contributed by atoms with Crippen molar-refractivity contribution >= 4 is 63.5 Å². The van der Waals surface area contributed by atoms with Crippen molar-refractivity contribution in [2.75, 3.05) is 0 Å². The fourth-order valence-electron chi connectivity index (χ4n) is 0.0474. The molecule has 5 heteroatoms. The Bertz CT molecular complexity index is 76.1. The molecule has 36 valence electrons. The Hall–Kier alpha value is 0.910. The number of thioether (sulfide) groups is 1. The summed E-state index contributed by atoms with van der Waals surface area (Å²) < 4.78 is 0.171. The van der Waals surface area contributed by atoms with Gasteiger partial charge < -0.3 is 5.73 Å². The van der Waals surface area contributed by atoms with Gasteiger partial charge in [-0.15, -0.1) is 0 Å². The molecule has 0 atom stereocenters. The summed E-state index contributed by atoms with van der Waals surface area (Å²) in [6.07, 6.45) is 0. The third-order valence-electron chi connectivity index (χ3n) is 0.164. The first-order valence-corrected chi connectivity index (χ1v) is 2.46. The number of nitrogens with two attached hydrogens (primary N) is 1. The van der Waals surface area contributed by atoms with Crippen LogP contribution in [0, 0.1) is 0 Å². The third kappa shape index (κ3) is 10.9. The van der Waals surface area contributed by atoms with Crippen LogP contribution in [0.2, 0.25) is 0 Å². The van der Waals surface area contributed by atoms with Crippen LogP contribution in [0.5, 0.6) is 0 Å². The first-order chi connectivity index (χ1) is 2.77. The fourth-order valence-corrected chi connectivity index (χ4v) is 0.260. The van der Waals surface area contributed by atoms with E-state index < -0.39 is 0 Å². The normalized spacial score (nSPS) is 6.29. The number of rotatable bonds is 1. The molecular formula is C2H4NNaOS2. The molecule has 0 spiro atoms. The van der Waals surface area contributed by atoms with E-state index in [1.165, 1.54) is 0 Å². The van der Waals surface area contributed by atoms with E-state index in [0.717, 1.165) is 11.8 Å². The Morgan fingerprint density at radius 3 is 2.29 bits per heavy atom. The summed E-state index contributed by atoms with van der Waals surface area (Å²) in [5, 5.41) is 0. The quantitative estimate of drug-likeness (QED) is 0.307. The Kier molecular flexibility index (Phi) is 10.7. The van der Waals surface area contributed by atoms with Gasteiger partial charge in [0.2, 0.25) is 0 Å². The molecule has 7 heavy (non-hydrogen) atoms. The van der Waals surface area contributed by atoms with Crippen molar-refractivity contribution in [2.45, 2.75) is 0 Å². The fraction of sp³-hybridized carbons (Fsp3) is 0. The Labute approximate surface area is 73.5 Å². The number of carbonyl (C=O) groups excluding carboxylic acids is 1. The zero-order valence-electron chi connectivity index (χ0n) is 2.88. The molecule has 0 saturated carbocycles. The van der Waals surface area contributed by atoms with E-state index >= 15 is 0 Å². The standard InChI is InChI=1S/C2H3NOS2.Na.H/c3-2(5)6-1-4;;/h1H,(H2,3,5);;. The Balaban J connectivity index is 0. The van der Waals surface area contributed by atoms with Crippen LogP contribution in [0.3, 0.4) is 0 Å². The molecule has 2 N–H and O–H groups in total. The van der Waals surface area contributed by atoms with Crippen molar-refractivity contribution in [1.29, 1.82) is 0 Å². The van der Waals surface area contributed by atoms with Gasteiger partial charge in [-0.05, 0) is 11.8 Å². The van der Waals surface area contributed by atoms with Crippen LogP contribution in [0.15, 0.2) is 0 Å². The molecule has 0 bridgehead atoms. The molecule has 0 aromatic rings. The first kappa shape index (κ1) is 10.8. The molecule has 0 aliphatic heterocycles. The summed E-state index contributed by atoms with van der Waals surface area (Å²) >= 11 is 5.12. The molecule has 0 aliphatic carbocycles. The van der Waals surface area contributed by atoms with E-state index in [4.69, 9.17) is 5.73 Å². The van der Waals surface area contributed by atoms with Gasteiger partial charge in [-0.3, -0.25) is 4.79 Å². The van der Waals surface area contributed by atoms with Gasteiger partial charge in [-0.2, -0.15) is 0 Å². The van der Waals surface area contributed by atoms with E-state index in [9.17, 15) is 4.79 Å². The van der Waals surface area contributed by atoms with Crippen molar-refractivity contribution in [2.24, 2.45) is 5.73 Å². The van der Waals surface area contributed by atoms with Gasteiger partial charge in [0.25, 0.3) is 0 Å². The summed E-state index contributed by atoms with van der Waals surface area (Å²) in [5.74, 6) is 0. The summed E-state index contributed by atoms with van der Waals surface area (Å²) in [5.41, 5.74) is 5.47. The zero-order valence-corrected chi connectivity index (χ0v) is 4.51. The van der Waals surface area contributed by atoms with Crippen LogP contribution < -0.4 is 5.73 Å². The second kappa shape index (κ2) is 6.91. The van der Waals surface area contributed by atoms with E-state index in [-0.39, 0.29) is 33.9 Å². The van der Waals surface area contributed by atoms with Crippen LogP contribution in [-0.2, 0) is 4.79 Å². The molecule has 0 amide bonds. The van der Waals surface area contributed by atoms with E-state index in [1.54, 1.807) is 0 Å². The molecular weight excluding hydrogens is 141 g/mol. The van der Waals surface area contributed by atoms with Crippen molar-refractivity contribution in [3.05, 3.63) is 0 Å². The van der Waals surface area contributed by atoms with Crippen molar-refractivity contribution in [1.82, 2.24) is 0 Å². The predicted octanol–water partition coefficient (Wildman–Crippen LogP) is -0.495. The van der Waals surface area contributed by atoms with Gasteiger partial charge in [0.15, 0.2) is 5.62 Å². The van der Waals surface area contributed by atoms with Crippen LogP contribution in [0.25, 0.3) is 0 Å². The Morgan fingerprint density at radius 2 is 2.29 bits per heavy atom. The minimum atomic E-state index is 0. The van der Waals surface area contributed by atoms with Crippen molar-refractivity contribution in [3.8, 4) is 0 Å². The first-order valence-electron chi connectivity index (χ1n) is 1.17. The summed E-state index contributed by atoms with van der Waals surface area (Å²) in [6.45, 7) is 0. The summed E-state index contributed by atoms with van der Waals surface area (Å²) in [4.78, 5) is 9.41. The molecule has 0 unspecified atom stereocenters. The van der Waals surface area contributed by atoms with E-state index in [2.05, 4.69) is 12.2 Å². The minimum absolute atomic E-state index is 0. The third-order valence-corrected chi connectivity index (χ3v) is 0.781. The SMILES string of the molecule is NC(=S)SC=O.[NaH]. The van der Waals surface area contributed by atoms with Gasteiger partial charge >= 0.3 is 29.6 Å². The van der Waals surface area contributed by atoms with Crippen LogP contribution in [-0.4, -0.2) is 39.5 Å². The van der Waals surface area contributed by atoms with Crippen LogP contribution >= 0.6 is 24.0 Å². The van der Waals surface area contributed by atoms with Gasteiger partial charge in [0.1, 0.15) is 4.32 Å². The zero-order chi connectivity index (χ0) is 4.99. The number of thiocarbonyl (C=S) groups is 1. The monoisotopic (exact) mass is 145 g/mol. The average molecular weight is 145 g/mol. The Morgan fingerprint density at radius 1 is 1.86 bits per heavy atom. The predicted molar refractivity (Wildman–Crippen MR) is 38.3 cm³/mol. The summed E-state index contributed by atoms with van der Waals surface area (Å²) in [7, 11) is 0. The molecule has 0 rings (SSSR count). The average Bonchev–Trinajstić information content (AvgIpc) is 1.35. The second-order valence-electron chi connectivity index (χ2n) is 0.533. The topological polar surface area (TPSA) is 43.1 Å². The van der Waals surface area contributed by atoms with Crippen molar-refractivity contribution < 1.29 is 4.79 Å². The molecule has 0 aromatic heterocycles. The number of hydrogen-bond donors (Lipinski definition) is 1. The molecule has 0 aromatic carbocycles. The summed E-state index contributed by atoms with van der Waals surface area (Å²) in [6, 6.07) is 0. The van der Waals surface area contributed by atoms with Crippen molar-refractivity contribution in [3.63, 3.8) is 0 Å².